The fourth-order valence-corrected chi connectivity index (χ4v) is 2.65. The lowest BCUT2D eigenvalue weighted by atomic mass is 10.1. The van der Waals surface area contributed by atoms with Crippen molar-refractivity contribution in [2.45, 2.75) is 19.4 Å². The van der Waals surface area contributed by atoms with Gasteiger partial charge in [0.25, 0.3) is 5.91 Å². The Balaban J connectivity index is 2.00. The van der Waals surface area contributed by atoms with E-state index in [1.807, 2.05) is 24.4 Å². The maximum absolute atomic E-state index is 12.0. The number of benzene rings is 1. The summed E-state index contributed by atoms with van der Waals surface area (Å²) < 4.78 is 0. The van der Waals surface area contributed by atoms with Gasteiger partial charge in [0.2, 0.25) is 0 Å². The van der Waals surface area contributed by atoms with Crippen molar-refractivity contribution in [1.29, 1.82) is 0 Å². The molecule has 0 radical (unpaired) electrons. The van der Waals surface area contributed by atoms with Crippen LogP contribution in [0.25, 0.3) is 0 Å². The van der Waals surface area contributed by atoms with E-state index >= 15 is 0 Å². The zero-order valence-electron chi connectivity index (χ0n) is 10.5. The van der Waals surface area contributed by atoms with Crippen LogP contribution in [0.3, 0.4) is 0 Å². The van der Waals surface area contributed by atoms with Gasteiger partial charge in [0.1, 0.15) is 11.5 Å². The molecule has 1 heterocycles. The third kappa shape index (κ3) is 3.72. The van der Waals surface area contributed by atoms with Gasteiger partial charge < -0.3 is 15.5 Å². The van der Waals surface area contributed by atoms with Gasteiger partial charge in [-0.3, -0.25) is 4.79 Å². The standard InChI is InChI=1S/C14H15NO3S/c1-9(5-13-3-2-4-19-13)15-14(18)10-6-11(16)8-12(17)7-10/h2-4,6-9,16-17H,5H2,1H3,(H,15,18). The number of thiophene rings is 1. The Morgan fingerprint density at radius 3 is 2.58 bits per heavy atom. The van der Waals surface area contributed by atoms with Crippen LogP contribution in [0.4, 0.5) is 0 Å². The Hall–Kier alpha value is -2.01. The van der Waals surface area contributed by atoms with Gasteiger partial charge in [0, 0.05) is 29.0 Å². The minimum atomic E-state index is -0.310. The second-order valence-corrected chi connectivity index (χ2v) is 5.43. The van der Waals surface area contributed by atoms with E-state index in [1.54, 1.807) is 11.3 Å². The average molecular weight is 277 g/mol. The summed E-state index contributed by atoms with van der Waals surface area (Å²) >= 11 is 1.65. The molecule has 1 aromatic heterocycles. The van der Waals surface area contributed by atoms with Crippen LogP contribution in [0.15, 0.2) is 35.7 Å². The first kappa shape index (κ1) is 13.4. The van der Waals surface area contributed by atoms with E-state index < -0.39 is 0 Å². The Morgan fingerprint density at radius 2 is 2.00 bits per heavy atom. The van der Waals surface area contributed by atoms with Crippen LogP contribution in [-0.4, -0.2) is 22.2 Å². The number of nitrogens with one attached hydrogen (secondary N) is 1. The molecule has 0 bridgehead atoms. The summed E-state index contributed by atoms with van der Waals surface area (Å²) in [4.78, 5) is 13.2. The Kier molecular flexibility index (Phi) is 4.06. The van der Waals surface area contributed by atoms with Crippen LogP contribution in [0.1, 0.15) is 22.2 Å². The summed E-state index contributed by atoms with van der Waals surface area (Å²) in [6.07, 6.45) is 0.758. The van der Waals surface area contributed by atoms with Crippen molar-refractivity contribution in [3.8, 4) is 11.5 Å². The smallest absolute Gasteiger partial charge is 0.251 e. The Morgan fingerprint density at radius 1 is 1.32 bits per heavy atom. The van der Waals surface area contributed by atoms with Crippen molar-refractivity contribution < 1.29 is 15.0 Å². The maximum Gasteiger partial charge on any atom is 0.251 e. The van der Waals surface area contributed by atoms with E-state index in [2.05, 4.69) is 5.32 Å². The highest BCUT2D eigenvalue weighted by molar-refractivity contribution is 7.09. The van der Waals surface area contributed by atoms with E-state index in [0.717, 1.165) is 6.42 Å². The van der Waals surface area contributed by atoms with E-state index in [4.69, 9.17) is 0 Å². The number of carbonyl (C=O) groups excluding carboxylic acids is 1. The molecule has 0 saturated carbocycles. The van der Waals surface area contributed by atoms with Crippen molar-refractivity contribution in [2.75, 3.05) is 0 Å². The van der Waals surface area contributed by atoms with Gasteiger partial charge in [-0.1, -0.05) is 6.07 Å². The highest BCUT2D eigenvalue weighted by atomic mass is 32.1. The molecule has 0 spiro atoms. The Bertz CT molecular complexity index is 546. The van der Waals surface area contributed by atoms with Gasteiger partial charge in [-0.2, -0.15) is 0 Å². The molecule has 0 fully saturated rings. The molecule has 0 aliphatic heterocycles. The number of phenolic OH excluding ortho intramolecular Hbond substituents is 2. The van der Waals surface area contributed by atoms with Gasteiger partial charge in [-0.25, -0.2) is 0 Å². The molecule has 3 N–H and O–H groups in total. The molecule has 0 aliphatic carbocycles. The number of rotatable bonds is 4. The second kappa shape index (κ2) is 5.75. The fourth-order valence-electron chi connectivity index (χ4n) is 1.81. The van der Waals surface area contributed by atoms with Crippen molar-refractivity contribution in [2.24, 2.45) is 0 Å². The summed E-state index contributed by atoms with van der Waals surface area (Å²) in [5, 5.41) is 23.5. The summed E-state index contributed by atoms with van der Waals surface area (Å²) in [5.74, 6) is -0.567. The van der Waals surface area contributed by atoms with Gasteiger partial charge in [-0.05, 0) is 30.5 Å². The largest absolute Gasteiger partial charge is 0.508 e. The summed E-state index contributed by atoms with van der Waals surface area (Å²) in [7, 11) is 0. The van der Waals surface area contributed by atoms with E-state index in [1.165, 1.54) is 23.1 Å². The van der Waals surface area contributed by atoms with Crippen molar-refractivity contribution in [3.05, 3.63) is 46.2 Å². The molecular weight excluding hydrogens is 262 g/mol. The SMILES string of the molecule is CC(Cc1cccs1)NC(=O)c1cc(O)cc(O)c1. The third-order valence-electron chi connectivity index (χ3n) is 2.63. The summed E-state index contributed by atoms with van der Waals surface area (Å²) in [5.41, 5.74) is 0.246. The number of amides is 1. The molecule has 100 valence electrons. The first-order chi connectivity index (χ1) is 9.04. The van der Waals surface area contributed by atoms with E-state index in [-0.39, 0.29) is 29.0 Å². The van der Waals surface area contributed by atoms with Crippen LogP contribution in [0.5, 0.6) is 11.5 Å². The molecule has 1 unspecified atom stereocenters. The Labute approximate surface area is 115 Å². The number of carbonyl (C=O) groups is 1. The minimum Gasteiger partial charge on any atom is -0.508 e. The molecule has 1 atom stereocenters. The van der Waals surface area contributed by atoms with E-state index in [0.29, 0.717) is 0 Å². The normalized spacial score (nSPS) is 12.1. The second-order valence-electron chi connectivity index (χ2n) is 4.40. The molecule has 5 heteroatoms. The molecule has 0 aliphatic rings. The third-order valence-corrected chi connectivity index (χ3v) is 3.53. The van der Waals surface area contributed by atoms with Gasteiger partial charge in [0.05, 0.1) is 0 Å². The molecule has 0 saturated heterocycles. The molecular formula is C14H15NO3S. The van der Waals surface area contributed by atoms with Gasteiger partial charge in [0.15, 0.2) is 0 Å². The lowest BCUT2D eigenvalue weighted by molar-refractivity contribution is 0.0939. The average Bonchev–Trinajstić information content (AvgIpc) is 2.80. The summed E-state index contributed by atoms with van der Waals surface area (Å²) in [6, 6.07) is 7.82. The van der Waals surface area contributed by atoms with Crippen LogP contribution in [-0.2, 0) is 6.42 Å². The maximum atomic E-state index is 12.0. The van der Waals surface area contributed by atoms with Crippen LogP contribution in [0.2, 0.25) is 0 Å². The van der Waals surface area contributed by atoms with Gasteiger partial charge >= 0.3 is 0 Å². The van der Waals surface area contributed by atoms with Crippen LogP contribution < -0.4 is 5.32 Å². The van der Waals surface area contributed by atoms with Gasteiger partial charge in [-0.15, -0.1) is 11.3 Å². The van der Waals surface area contributed by atoms with Crippen molar-refractivity contribution in [1.82, 2.24) is 5.32 Å². The lowest BCUT2D eigenvalue weighted by Gasteiger charge is -2.13. The molecule has 1 amide bonds. The predicted molar refractivity (Wildman–Crippen MR) is 74.7 cm³/mol. The zero-order chi connectivity index (χ0) is 13.8. The number of phenols is 2. The lowest BCUT2D eigenvalue weighted by Crippen LogP contribution is -2.33. The van der Waals surface area contributed by atoms with Crippen molar-refractivity contribution >= 4 is 17.2 Å². The number of hydrogen-bond acceptors (Lipinski definition) is 4. The highest BCUT2D eigenvalue weighted by Gasteiger charge is 2.12. The number of hydrogen-bond donors (Lipinski definition) is 3. The molecule has 19 heavy (non-hydrogen) atoms. The van der Waals surface area contributed by atoms with Crippen LogP contribution >= 0.6 is 11.3 Å². The first-order valence-electron chi connectivity index (χ1n) is 5.91. The first-order valence-corrected chi connectivity index (χ1v) is 6.79. The zero-order valence-corrected chi connectivity index (χ0v) is 11.3. The molecule has 1 aromatic carbocycles. The summed E-state index contributed by atoms with van der Waals surface area (Å²) in [6.45, 7) is 1.92. The molecule has 2 aromatic rings. The monoisotopic (exact) mass is 277 g/mol. The number of aromatic hydroxyl groups is 2. The quantitative estimate of drug-likeness (QED) is 0.804. The highest BCUT2D eigenvalue weighted by Crippen LogP contribution is 2.20. The molecule has 4 nitrogen and oxygen atoms in total. The topological polar surface area (TPSA) is 69.6 Å². The molecule has 2 rings (SSSR count). The fraction of sp³-hybridized carbons (Fsp3) is 0.214. The van der Waals surface area contributed by atoms with Crippen LogP contribution in [0, 0.1) is 0 Å². The van der Waals surface area contributed by atoms with E-state index in [9.17, 15) is 15.0 Å². The van der Waals surface area contributed by atoms with Crippen molar-refractivity contribution in [3.63, 3.8) is 0 Å². The predicted octanol–water partition coefficient (Wildman–Crippen LogP) is 2.52. The minimum absolute atomic E-state index is 0.0179.